The smallest absolute Gasteiger partial charge is 0.0433 e. The fraction of sp³-hybridized carbons (Fsp3) is 0.538. The average molecular weight is 257 g/mol. The van der Waals surface area contributed by atoms with Crippen molar-refractivity contribution in [2.24, 2.45) is 5.92 Å². The van der Waals surface area contributed by atoms with Crippen LogP contribution in [0.4, 0.5) is 5.69 Å². The van der Waals surface area contributed by atoms with Crippen molar-refractivity contribution >= 4 is 17.3 Å². The van der Waals surface area contributed by atoms with Crippen molar-refractivity contribution in [1.29, 1.82) is 0 Å². The van der Waals surface area contributed by atoms with Gasteiger partial charge >= 0.3 is 0 Å². The van der Waals surface area contributed by atoms with Gasteiger partial charge in [0, 0.05) is 17.3 Å². The molecule has 4 N–H and O–H groups in total. The molecule has 1 aliphatic rings. The van der Waals surface area contributed by atoms with E-state index in [2.05, 4.69) is 5.32 Å². The molecule has 1 aromatic rings. The number of aliphatic hydroxyl groups is 1. The van der Waals surface area contributed by atoms with Gasteiger partial charge in [0.1, 0.15) is 0 Å². The van der Waals surface area contributed by atoms with Crippen LogP contribution >= 0.6 is 11.6 Å². The second-order valence-electron chi connectivity index (χ2n) is 4.26. The van der Waals surface area contributed by atoms with Crippen molar-refractivity contribution in [3.8, 4) is 0 Å². The number of piperidine rings is 1. The van der Waals surface area contributed by atoms with Gasteiger partial charge in [-0.15, -0.1) is 0 Å². The van der Waals surface area contributed by atoms with E-state index >= 15 is 0 Å². The van der Waals surface area contributed by atoms with Crippen LogP contribution in [-0.2, 0) is 0 Å². The third-order valence-corrected chi connectivity index (χ3v) is 3.08. The predicted molar refractivity (Wildman–Crippen MR) is 73.2 cm³/mol. The zero-order chi connectivity index (χ0) is 12.5. The highest BCUT2D eigenvalue weighted by Gasteiger charge is 2.10. The fourth-order valence-electron chi connectivity index (χ4n) is 1.86. The highest BCUT2D eigenvalue weighted by atomic mass is 35.5. The maximum absolute atomic E-state index is 8.60. The van der Waals surface area contributed by atoms with Crippen LogP contribution in [0.3, 0.4) is 0 Å². The number of nitrogens with one attached hydrogen (secondary N) is 1. The number of benzene rings is 1. The molecule has 1 aliphatic heterocycles. The second-order valence-corrected chi connectivity index (χ2v) is 4.70. The molecule has 1 saturated heterocycles. The first-order chi connectivity index (χ1) is 8.22. The number of nitrogens with two attached hydrogens (primary N) is 1. The average Bonchev–Trinajstić information content (AvgIpc) is 2.31. The molecule has 4 heteroatoms. The van der Waals surface area contributed by atoms with Crippen LogP contribution in [0, 0.1) is 5.92 Å². The Hall–Kier alpha value is -0.770. The molecule has 1 aromatic carbocycles. The molecular formula is C13H21ClN2O. The Bertz CT molecular complexity index is 294. The maximum atomic E-state index is 8.60. The van der Waals surface area contributed by atoms with E-state index in [0.717, 1.165) is 25.4 Å². The SMILES string of the molecule is Nc1cccc(Cl)c1.OCCC1CCNCC1. The van der Waals surface area contributed by atoms with Gasteiger partial charge in [-0.25, -0.2) is 0 Å². The highest BCUT2D eigenvalue weighted by molar-refractivity contribution is 6.30. The van der Waals surface area contributed by atoms with E-state index < -0.39 is 0 Å². The molecule has 17 heavy (non-hydrogen) atoms. The number of hydrogen-bond donors (Lipinski definition) is 3. The first kappa shape index (κ1) is 14.3. The Morgan fingerprint density at radius 1 is 1.35 bits per heavy atom. The molecule has 0 bridgehead atoms. The lowest BCUT2D eigenvalue weighted by Crippen LogP contribution is -2.28. The van der Waals surface area contributed by atoms with E-state index in [4.69, 9.17) is 22.4 Å². The molecule has 1 heterocycles. The third-order valence-electron chi connectivity index (χ3n) is 2.84. The Kier molecular flexibility index (Phi) is 7.01. The molecule has 3 nitrogen and oxygen atoms in total. The van der Waals surface area contributed by atoms with Crippen LogP contribution in [0.25, 0.3) is 0 Å². The summed E-state index contributed by atoms with van der Waals surface area (Å²) in [5.41, 5.74) is 6.08. The number of rotatable bonds is 2. The lowest BCUT2D eigenvalue weighted by atomic mass is 9.95. The van der Waals surface area contributed by atoms with Crippen LogP contribution in [0.5, 0.6) is 0 Å². The monoisotopic (exact) mass is 256 g/mol. The zero-order valence-electron chi connectivity index (χ0n) is 10.0. The summed E-state index contributed by atoms with van der Waals surface area (Å²) in [4.78, 5) is 0. The van der Waals surface area contributed by atoms with Gasteiger partial charge < -0.3 is 16.2 Å². The van der Waals surface area contributed by atoms with E-state index in [1.807, 2.05) is 6.07 Å². The summed E-state index contributed by atoms with van der Waals surface area (Å²) in [5, 5.41) is 12.6. The van der Waals surface area contributed by atoms with Gasteiger partial charge in [-0.3, -0.25) is 0 Å². The number of nitrogen functional groups attached to an aromatic ring is 1. The van der Waals surface area contributed by atoms with Crippen LogP contribution in [-0.4, -0.2) is 24.8 Å². The van der Waals surface area contributed by atoms with Gasteiger partial charge in [0.05, 0.1) is 0 Å². The molecule has 1 fully saturated rings. The van der Waals surface area contributed by atoms with Crippen molar-refractivity contribution in [1.82, 2.24) is 5.32 Å². The van der Waals surface area contributed by atoms with Crippen LogP contribution in [0.15, 0.2) is 24.3 Å². The first-order valence-electron chi connectivity index (χ1n) is 6.05. The van der Waals surface area contributed by atoms with Crippen molar-refractivity contribution in [2.75, 3.05) is 25.4 Å². The molecule has 0 saturated carbocycles. The summed E-state index contributed by atoms with van der Waals surface area (Å²) in [6, 6.07) is 7.11. The first-order valence-corrected chi connectivity index (χ1v) is 6.43. The van der Waals surface area contributed by atoms with E-state index in [1.54, 1.807) is 18.2 Å². The summed E-state index contributed by atoms with van der Waals surface area (Å²) in [6.07, 6.45) is 3.50. The van der Waals surface area contributed by atoms with E-state index in [0.29, 0.717) is 17.3 Å². The topological polar surface area (TPSA) is 58.3 Å². The molecule has 0 aliphatic carbocycles. The summed E-state index contributed by atoms with van der Waals surface area (Å²) in [7, 11) is 0. The van der Waals surface area contributed by atoms with E-state index in [-0.39, 0.29) is 0 Å². The Labute approximate surface area is 108 Å². The molecule has 0 amide bonds. The molecule has 0 radical (unpaired) electrons. The van der Waals surface area contributed by atoms with Crippen molar-refractivity contribution < 1.29 is 5.11 Å². The standard InChI is InChI=1S/C7H15NO.C6H6ClN/c9-6-3-7-1-4-8-5-2-7;7-5-2-1-3-6(8)4-5/h7-9H,1-6H2;1-4H,8H2. The largest absolute Gasteiger partial charge is 0.399 e. The number of aliphatic hydroxyl groups excluding tert-OH is 1. The minimum atomic E-state index is 0.366. The van der Waals surface area contributed by atoms with Gasteiger partial charge in [0.15, 0.2) is 0 Å². The van der Waals surface area contributed by atoms with Gasteiger partial charge in [0.25, 0.3) is 0 Å². The summed E-state index contributed by atoms with van der Waals surface area (Å²) in [5.74, 6) is 0.788. The molecule has 0 spiro atoms. The molecule has 96 valence electrons. The Morgan fingerprint density at radius 2 is 2.06 bits per heavy atom. The maximum Gasteiger partial charge on any atom is 0.0433 e. The quantitative estimate of drug-likeness (QED) is 0.712. The normalized spacial score (nSPS) is 16.1. The summed E-state index contributed by atoms with van der Waals surface area (Å²) >= 11 is 5.56. The minimum Gasteiger partial charge on any atom is -0.399 e. The molecule has 0 aromatic heterocycles. The van der Waals surface area contributed by atoms with E-state index in [1.165, 1.54) is 12.8 Å². The van der Waals surface area contributed by atoms with E-state index in [9.17, 15) is 0 Å². The van der Waals surface area contributed by atoms with Crippen molar-refractivity contribution in [3.05, 3.63) is 29.3 Å². The Balaban J connectivity index is 0.000000171. The molecule has 0 atom stereocenters. The molecule has 0 unspecified atom stereocenters. The lowest BCUT2D eigenvalue weighted by Gasteiger charge is -2.21. The number of halogens is 1. The van der Waals surface area contributed by atoms with Gasteiger partial charge in [-0.1, -0.05) is 17.7 Å². The van der Waals surface area contributed by atoms with Gasteiger partial charge in [-0.2, -0.15) is 0 Å². The lowest BCUT2D eigenvalue weighted by molar-refractivity contribution is 0.235. The summed E-state index contributed by atoms with van der Waals surface area (Å²) in [6.45, 7) is 2.65. The van der Waals surface area contributed by atoms with Crippen molar-refractivity contribution in [3.63, 3.8) is 0 Å². The summed E-state index contributed by atoms with van der Waals surface area (Å²) < 4.78 is 0. The van der Waals surface area contributed by atoms with Crippen molar-refractivity contribution in [2.45, 2.75) is 19.3 Å². The second kappa shape index (κ2) is 8.34. The predicted octanol–water partition coefficient (Wildman–Crippen LogP) is 2.29. The minimum absolute atomic E-state index is 0.366. The Morgan fingerprint density at radius 3 is 2.53 bits per heavy atom. The molecule has 2 rings (SSSR count). The van der Waals surface area contributed by atoms with Crippen LogP contribution < -0.4 is 11.1 Å². The zero-order valence-corrected chi connectivity index (χ0v) is 10.8. The molecular weight excluding hydrogens is 236 g/mol. The number of hydrogen-bond acceptors (Lipinski definition) is 3. The van der Waals surface area contributed by atoms with Crippen LogP contribution in [0.1, 0.15) is 19.3 Å². The van der Waals surface area contributed by atoms with Gasteiger partial charge in [0.2, 0.25) is 0 Å². The third kappa shape index (κ3) is 6.51. The fourth-order valence-corrected chi connectivity index (χ4v) is 2.06. The van der Waals surface area contributed by atoms with Gasteiger partial charge in [-0.05, 0) is 56.5 Å². The van der Waals surface area contributed by atoms with Crippen LogP contribution in [0.2, 0.25) is 5.02 Å². The highest BCUT2D eigenvalue weighted by Crippen LogP contribution is 2.14. The number of anilines is 1.